The van der Waals surface area contributed by atoms with Gasteiger partial charge in [0.05, 0.1) is 17.7 Å². The summed E-state index contributed by atoms with van der Waals surface area (Å²) in [6.07, 6.45) is -2.47. The van der Waals surface area contributed by atoms with Gasteiger partial charge >= 0.3 is 6.18 Å². The lowest BCUT2D eigenvalue weighted by molar-refractivity contribution is -0.138. The molecule has 1 aliphatic heterocycles. The van der Waals surface area contributed by atoms with Crippen molar-refractivity contribution < 1.29 is 22.4 Å². The number of benzene rings is 1. The van der Waals surface area contributed by atoms with Crippen LogP contribution in [0.3, 0.4) is 0 Å². The predicted octanol–water partition coefficient (Wildman–Crippen LogP) is 3.65. The Morgan fingerprint density at radius 2 is 2.00 bits per heavy atom. The van der Waals surface area contributed by atoms with Crippen molar-refractivity contribution >= 4 is 17.2 Å². The number of aromatic nitrogens is 1. The first-order valence-corrected chi connectivity index (χ1v) is 9.00. The van der Waals surface area contributed by atoms with E-state index < -0.39 is 29.0 Å². The minimum atomic E-state index is -4.78. The van der Waals surface area contributed by atoms with Crippen molar-refractivity contribution in [2.75, 3.05) is 26.2 Å². The molecule has 9 heteroatoms. The molecule has 0 saturated carbocycles. The number of hydrogen-bond donors (Lipinski definition) is 0. The largest absolute Gasteiger partial charge is 0.417 e. The molecule has 2 heterocycles. The van der Waals surface area contributed by atoms with Gasteiger partial charge in [-0.2, -0.15) is 13.2 Å². The molecule has 0 bridgehead atoms. The van der Waals surface area contributed by atoms with Crippen molar-refractivity contribution in [1.82, 2.24) is 14.8 Å². The molecule has 4 nitrogen and oxygen atoms in total. The summed E-state index contributed by atoms with van der Waals surface area (Å²) in [7, 11) is 0. The maximum absolute atomic E-state index is 14.1. The Bertz CT molecular complexity index is 764. The summed E-state index contributed by atoms with van der Waals surface area (Å²) in [6, 6.07) is 2.59. The first-order chi connectivity index (χ1) is 12.4. The first kappa shape index (κ1) is 18.8. The van der Waals surface area contributed by atoms with Crippen LogP contribution in [-0.4, -0.2) is 46.9 Å². The molecule has 0 aliphatic carbocycles. The van der Waals surface area contributed by atoms with E-state index in [2.05, 4.69) is 9.88 Å². The van der Waals surface area contributed by atoms with Crippen molar-refractivity contribution in [3.05, 3.63) is 51.7 Å². The van der Waals surface area contributed by atoms with Crippen LogP contribution in [-0.2, 0) is 12.7 Å². The molecule has 26 heavy (non-hydrogen) atoms. The molecule has 140 valence electrons. The van der Waals surface area contributed by atoms with E-state index in [0.29, 0.717) is 32.6 Å². The standard InChI is InChI=1S/C17H17F4N3OS/c18-13-4-1-3-12(17(19,20)21)15(13)16(25)24-7-2-6-23(8-9-24)11-14-22-5-10-26-14/h1,3-5,10H,2,6-9,11H2. The van der Waals surface area contributed by atoms with Gasteiger partial charge in [0.2, 0.25) is 0 Å². The molecule has 1 saturated heterocycles. The smallest absolute Gasteiger partial charge is 0.337 e. The summed E-state index contributed by atoms with van der Waals surface area (Å²) < 4.78 is 53.5. The highest BCUT2D eigenvalue weighted by atomic mass is 32.1. The molecule has 1 fully saturated rings. The second-order valence-corrected chi connectivity index (χ2v) is 6.99. The summed E-state index contributed by atoms with van der Waals surface area (Å²) in [5.41, 5.74) is -2.13. The number of alkyl halides is 3. The zero-order chi connectivity index (χ0) is 18.7. The lowest BCUT2D eigenvalue weighted by Gasteiger charge is -2.23. The van der Waals surface area contributed by atoms with Crippen LogP contribution in [0.4, 0.5) is 17.6 Å². The van der Waals surface area contributed by atoms with Crippen LogP contribution in [0.2, 0.25) is 0 Å². The summed E-state index contributed by atoms with van der Waals surface area (Å²) >= 11 is 1.53. The van der Waals surface area contributed by atoms with Crippen LogP contribution in [0.15, 0.2) is 29.8 Å². The number of nitrogens with zero attached hydrogens (tertiary/aromatic N) is 3. The van der Waals surface area contributed by atoms with Gasteiger partial charge in [-0.3, -0.25) is 9.69 Å². The van der Waals surface area contributed by atoms with Gasteiger partial charge in [0.1, 0.15) is 10.8 Å². The topological polar surface area (TPSA) is 36.4 Å². The van der Waals surface area contributed by atoms with Crippen LogP contribution < -0.4 is 0 Å². The van der Waals surface area contributed by atoms with Gasteiger partial charge in [0, 0.05) is 37.8 Å². The number of halogens is 4. The highest BCUT2D eigenvalue weighted by Gasteiger charge is 2.38. The van der Waals surface area contributed by atoms with E-state index in [-0.39, 0.29) is 6.54 Å². The number of carbonyl (C=O) groups is 1. The fourth-order valence-corrected chi connectivity index (χ4v) is 3.65. The number of carbonyl (C=O) groups excluding carboxylic acids is 1. The molecule has 1 aromatic heterocycles. The minimum absolute atomic E-state index is 0.246. The average Bonchev–Trinajstić information content (AvgIpc) is 2.97. The Balaban J connectivity index is 1.75. The van der Waals surface area contributed by atoms with E-state index in [1.807, 2.05) is 5.38 Å². The van der Waals surface area contributed by atoms with Gasteiger partial charge in [-0.05, 0) is 18.6 Å². The van der Waals surface area contributed by atoms with Crippen molar-refractivity contribution in [1.29, 1.82) is 0 Å². The number of hydrogen-bond acceptors (Lipinski definition) is 4. The molecule has 1 amide bonds. The second kappa shape index (κ2) is 7.71. The number of thiazole rings is 1. The van der Waals surface area contributed by atoms with Gasteiger partial charge < -0.3 is 4.90 Å². The zero-order valence-electron chi connectivity index (χ0n) is 13.8. The van der Waals surface area contributed by atoms with Crippen LogP contribution in [0.1, 0.15) is 27.3 Å². The molecule has 3 rings (SSSR count). The Hall–Kier alpha value is -2.00. The third-order valence-electron chi connectivity index (χ3n) is 4.25. The molecule has 0 radical (unpaired) electrons. The zero-order valence-corrected chi connectivity index (χ0v) is 14.6. The third kappa shape index (κ3) is 4.21. The maximum atomic E-state index is 14.1. The Labute approximate surface area is 152 Å². The van der Waals surface area contributed by atoms with Gasteiger partial charge in [-0.1, -0.05) is 6.07 Å². The van der Waals surface area contributed by atoms with E-state index in [9.17, 15) is 22.4 Å². The molecule has 2 aromatic rings. The van der Waals surface area contributed by atoms with Gasteiger partial charge in [-0.15, -0.1) is 11.3 Å². The van der Waals surface area contributed by atoms with Crippen molar-refractivity contribution in [2.24, 2.45) is 0 Å². The lowest BCUT2D eigenvalue weighted by atomic mass is 10.0. The normalized spacial score (nSPS) is 16.5. The third-order valence-corrected chi connectivity index (χ3v) is 5.02. The Morgan fingerprint density at radius 3 is 2.69 bits per heavy atom. The summed E-state index contributed by atoms with van der Waals surface area (Å²) in [5.74, 6) is -2.06. The van der Waals surface area contributed by atoms with Crippen LogP contribution in [0.5, 0.6) is 0 Å². The summed E-state index contributed by atoms with van der Waals surface area (Å²) in [6.45, 7) is 2.37. The SMILES string of the molecule is O=C(c1c(F)cccc1C(F)(F)F)N1CCCN(Cc2nccs2)CC1. The molecule has 0 spiro atoms. The fraction of sp³-hybridized carbons (Fsp3) is 0.412. The van der Waals surface area contributed by atoms with Crippen molar-refractivity contribution in [3.63, 3.8) is 0 Å². The number of amides is 1. The fourth-order valence-electron chi connectivity index (χ4n) is 2.99. The van der Waals surface area contributed by atoms with E-state index in [1.165, 1.54) is 16.2 Å². The van der Waals surface area contributed by atoms with E-state index in [1.54, 1.807) is 6.20 Å². The quantitative estimate of drug-likeness (QED) is 0.755. The predicted molar refractivity (Wildman–Crippen MR) is 89.3 cm³/mol. The highest BCUT2D eigenvalue weighted by Crippen LogP contribution is 2.33. The molecule has 0 N–H and O–H groups in total. The van der Waals surface area contributed by atoms with Crippen LogP contribution in [0.25, 0.3) is 0 Å². The van der Waals surface area contributed by atoms with Crippen LogP contribution in [0, 0.1) is 5.82 Å². The summed E-state index contributed by atoms with van der Waals surface area (Å²) in [4.78, 5) is 20.2. The first-order valence-electron chi connectivity index (χ1n) is 8.12. The molecular formula is C17H17F4N3OS. The van der Waals surface area contributed by atoms with Gasteiger partial charge in [-0.25, -0.2) is 9.37 Å². The second-order valence-electron chi connectivity index (χ2n) is 6.01. The van der Waals surface area contributed by atoms with E-state index >= 15 is 0 Å². The van der Waals surface area contributed by atoms with Crippen molar-refractivity contribution in [2.45, 2.75) is 19.1 Å². The van der Waals surface area contributed by atoms with E-state index in [4.69, 9.17) is 0 Å². The Morgan fingerprint density at radius 1 is 1.19 bits per heavy atom. The maximum Gasteiger partial charge on any atom is 0.417 e. The molecule has 1 aliphatic rings. The molecular weight excluding hydrogens is 370 g/mol. The number of rotatable bonds is 3. The molecule has 1 aromatic carbocycles. The molecule has 0 atom stereocenters. The highest BCUT2D eigenvalue weighted by molar-refractivity contribution is 7.09. The minimum Gasteiger partial charge on any atom is -0.337 e. The van der Waals surface area contributed by atoms with E-state index in [0.717, 1.165) is 23.2 Å². The average molecular weight is 387 g/mol. The monoisotopic (exact) mass is 387 g/mol. The van der Waals surface area contributed by atoms with Gasteiger partial charge in [0.25, 0.3) is 5.91 Å². The van der Waals surface area contributed by atoms with Gasteiger partial charge in [0.15, 0.2) is 0 Å². The Kier molecular flexibility index (Phi) is 5.57. The lowest BCUT2D eigenvalue weighted by Crippen LogP contribution is -2.36. The van der Waals surface area contributed by atoms with Crippen molar-refractivity contribution in [3.8, 4) is 0 Å². The van der Waals surface area contributed by atoms with Crippen LogP contribution >= 0.6 is 11.3 Å². The molecule has 0 unspecified atom stereocenters. The summed E-state index contributed by atoms with van der Waals surface area (Å²) in [5, 5.41) is 2.82.